The van der Waals surface area contributed by atoms with E-state index in [1.807, 2.05) is 14.0 Å². The summed E-state index contributed by atoms with van der Waals surface area (Å²) in [5.41, 5.74) is 3.34. The number of pyridine rings is 2. The Morgan fingerprint density at radius 3 is 2.72 bits per heavy atom. The molecule has 9 heteroatoms. The average Bonchev–Trinajstić information content (AvgIpc) is 3.06. The smallest absolute Gasteiger partial charge is 0.232 e. The number of halogens is 1. The number of Topliss-reactive ketones (excluding diaryl/α,β-unsaturated/α-hetero) is 1. The van der Waals surface area contributed by atoms with Crippen molar-refractivity contribution in [2.75, 3.05) is 39.3 Å². The van der Waals surface area contributed by atoms with Gasteiger partial charge in [-0.3, -0.25) is 4.79 Å². The number of fused-ring (bicyclic) bond motifs is 1. The molecule has 0 aliphatic carbocycles. The Labute approximate surface area is 178 Å². The Hall–Kier alpha value is -2.29. The number of methoxy groups -OCH3 is 2. The molecule has 0 N–H and O–H groups in total. The molecule has 0 saturated carbocycles. The number of anilines is 1. The lowest BCUT2D eigenvalue weighted by molar-refractivity contribution is -0.117. The first-order valence-electron chi connectivity index (χ1n) is 9.08. The number of carbonyl (C=O) groups is 1. The van der Waals surface area contributed by atoms with Crippen LogP contribution >= 0.6 is 22.9 Å². The minimum absolute atomic E-state index is 0.0440. The lowest BCUT2D eigenvalue weighted by atomic mass is 10.0. The Balaban J connectivity index is 1.86. The van der Waals surface area contributed by atoms with Crippen LogP contribution in [0, 0.1) is 6.92 Å². The number of ketones is 1. The van der Waals surface area contributed by atoms with Gasteiger partial charge < -0.3 is 14.4 Å². The molecule has 0 aromatic carbocycles. The van der Waals surface area contributed by atoms with Crippen LogP contribution in [0.15, 0.2) is 18.5 Å². The van der Waals surface area contributed by atoms with E-state index < -0.39 is 0 Å². The first-order valence-corrected chi connectivity index (χ1v) is 10.3. The van der Waals surface area contributed by atoms with Crippen LogP contribution in [0.5, 0.6) is 5.88 Å². The Morgan fingerprint density at radius 2 is 2.03 bits per heavy atom. The number of aryl methyl sites for hydroxylation is 1. The number of rotatable bonds is 9. The molecule has 0 amide bonds. The number of likely N-dealkylation sites (N-methyl/N-ethyl adjacent to an activating group) is 1. The molecule has 0 saturated heterocycles. The topological polar surface area (TPSA) is 77.4 Å². The number of ether oxygens (including phenoxy) is 2. The average molecular weight is 435 g/mol. The summed E-state index contributed by atoms with van der Waals surface area (Å²) in [6.45, 7) is 3.22. The highest BCUT2D eigenvalue weighted by molar-refractivity contribution is 7.18. The zero-order valence-corrected chi connectivity index (χ0v) is 18.4. The Kier molecular flexibility index (Phi) is 7.00. The Bertz CT molecular complexity index is 1020. The number of thiazole rings is 1. The van der Waals surface area contributed by atoms with Gasteiger partial charge in [0, 0.05) is 51.5 Å². The summed E-state index contributed by atoms with van der Waals surface area (Å²) in [5.74, 6) is 0.390. The molecule has 0 bridgehead atoms. The summed E-state index contributed by atoms with van der Waals surface area (Å²) in [7, 11) is 5.15. The molecule has 7 nitrogen and oxygen atoms in total. The van der Waals surface area contributed by atoms with E-state index in [0.29, 0.717) is 24.1 Å². The van der Waals surface area contributed by atoms with Gasteiger partial charge >= 0.3 is 0 Å². The van der Waals surface area contributed by atoms with E-state index in [2.05, 4.69) is 19.9 Å². The third kappa shape index (κ3) is 5.01. The van der Waals surface area contributed by atoms with Crippen molar-refractivity contribution in [3.63, 3.8) is 0 Å². The monoisotopic (exact) mass is 434 g/mol. The van der Waals surface area contributed by atoms with Gasteiger partial charge in [-0.05, 0) is 18.6 Å². The van der Waals surface area contributed by atoms with Crippen LogP contribution in [-0.2, 0) is 22.4 Å². The van der Waals surface area contributed by atoms with Crippen LogP contribution in [0.2, 0.25) is 5.02 Å². The number of hydrogen-bond donors (Lipinski definition) is 0. The van der Waals surface area contributed by atoms with Crippen LogP contribution in [0.4, 0.5) is 5.69 Å². The van der Waals surface area contributed by atoms with Gasteiger partial charge in [-0.2, -0.15) is 0 Å². The molecule has 3 rings (SSSR count). The fraction of sp³-hybridized carbons (Fsp3) is 0.400. The van der Waals surface area contributed by atoms with Crippen molar-refractivity contribution >= 4 is 44.8 Å². The quantitative estimate of drug-likeness (QED) is 0.510. The van der Waals surface area contributed by atoms with E-state index in [4.69, 9.17) is 21.1 Å². The molecule has 0 unspecified atom stereocenters. The number of carbonyl (C=O) groups excluding carboxylic acids is 1. The predicted octanol–water partition coefficient (Wildman–Crippen LogP) is 3.49. The van der Waals surface area contributed by atoms with E-state index in [-0.39, 0.29) is 18.6 Å². The van der Waals surface area contributed by atoms with E-state index in [9.17, 15) is 4.79 Å². The molecule has 29 heavy (non-hydrogen) atoms. The van der Waals surface area contributed by atoms with Crippen molar-refractivity contribution in [3.8, 4) is 5.88 Å². The highest BCUT2D eigenvalue weighted by atomic mass is 35.5. The van der Waals surface area contributed by atoms with E-state index in [1.165, 1.54) is 7.11 Å². The number of aromatic nitrogens is 3. The van der Waals surface area contributed by atoms with Gasteiger partial charge in [-0.1, -0.05) is 22.9 Å². The van der Waals surface area contributed by atoms with Crippen LogP contribution in [-0.4, -0.2) is 55.2 Å². The number of nitrogens with zero attached hydrogens (tertiary/aromatic N) is 4. The predicted molar refractivity (Wildman–Crippen MR) is 116 cm³/mol. The molecule has 0 fully saturated rings. The van der Waals surface area contributed by atoms with Gasteiger partial charge in [0.15, 0.2) is 0 Å². The van der Waals surface area contributed by atoms with Crippen molar-refractivity contribution in [2.24, 2.45) is 0 Å². The van der Waals surface area contributed by atoms with Crippen LogP contribution in [0.25, 0.3) is 10.3 Å². The minimum atomic E-state index is 0.0440. The molecule has 0 atom stereocenters. The van der Waals surface area contributed by atoms with Gasteiger partial charge in [0.2, 0.25) is 5.88 Å². The molecule has 0 spiro atoms. The van der Waals surface area contributed by atoms with Crippen molar-refractivity contribution in [2.45, 2.75) is 19.8 Å². The second-order valence-corrected chi connectivity index (χ2v) is 8.25. The molecule has 154 valence electrons. The second-order valence-electron chi connectivity index (χ2n) is 6.66. The maximum Gasteiger partial charge on any atom is 0.232 e. The Morgan fingerprint density at radius 1 is 1.24 bits per heavy atom. The fourth-order valence-electron chi connectivity index (χ4n) is 3.12. The summed E-state index contributed by atoms with van der Waals surface area (Å²) < 4.78 is 10.3. The number of hydrogen-bond acceptors (Lipinski definition) is 8. The summed E-state index contributed by atoms with van der Waals surface area (Å²) in [6.07, 6.45) is 3.86. The molecule has 0 radical (unpaired) electrons. The lowest BCUT2D eigenvalue weighted by Gasteiger charge is -2.22. The zero-order valence-electron chi connectivity index (χ0n) is 16.9. The molecule has 3 aromatic rings. The molecule has 0 aliphatic heterocycles. The SMILES string of the molecule is COCCN(C)c1c(CC(=O)Cc2cnc(OC)c(Cl)c2)cnc2sc(C)nc12. The highest BCUT2D eigenvalue weighted by Crippen LogP contribution is 2.32. The molecular weight excluding hydrogens is 412 g/mol. The van der Waals surface area contributed by atoms with Crippen LogP contribution in [0.1, 0.15) is 16.1 Å². The van der Waals surface area contributed by atoms with E-state index in [1.54, 1.807) is 36.9 Å². The van der Waals surface area contributed by atoms with Gasteiger partial charge in [-0.15, -0.1) is 0 Å². The largest absolute Gasteiger partial charge is 0.480 e. The summed E-state index contributed by atoms with van der Waals surface area (Å²) in [4.78, 5) is 29.0. The third-order valence-electron chi connectivity index (χ3n) is 4.44. The first-order chi connectivity index (χ1) is 13.9. The zero-order chi connectivity index (χ0) is 21.0. The van der Waals surface area contributed by atoms with Crippen molar-refractivity contribution < 1.29 is 14.3 Å². The van der Waals surface area contributed by atoms with E-state index in [0.717, 1.165) is 32.2 Å². The van der Waals surface area contributed by atoms with Crippen LogP contribution < -0.4 is 9.64 Å². The second kappa shape index (κ2) is 9.47. The standard InChI is InChI=1S/C20H23ClN4O3S/c1-12-24-17-18(25(2)5-6-27-3)14(11-23-20(17)29-12)9-15(26)7-13-8-16(21)19(28-4)22-10-13/h8,10-11H,5-7,9H2,1-4H3. The fourth-order valence-corrected chi connectivity index (χ4v) is 4.14. The first kappa shape index (κ1) is 21.4. The van der Waals surface area contributed by atoms with Crippen molar-refractivity contribution in [1.29, 1.82) is 0 Å². The van der Waals surface area contributed by atoms with Crippen molar-refractivity contribution in [3.05, 3.63) is 39.6 Å². The van der Waals surface area contributed by atoms with Gasteiger partial charge in [0.05, 0.1) is 24.4 Å². The van der Waals surface area contributed by atoms with Crippen molar-refractivity contribution in [1.82, 2.24) is 15.0 Å². The molecule has 3 aromatic heterocycles. The highest BCUT2D eigenvalue weighted by Gasteiger charge is 2.19. The summed E-state index contributed by atoms with van der Waals surface area (Å²) in [6, 6.07) is 1.71. The van der Waals surface area contributed by atoms with E-state index >= 15 is 0 Å². The maximum absolute atomic E-state index is 12.8. The molecule has 3 heterocycles. The summed E-state index contributed by atoms with van der Waals surface area (Å²) >= 11 is 7.66. The molecule has 0 aliphatic rings. The lowest BCUT2D eigenvalue weighted by Crippen LogP contribution is -2.24. The van der Waals surface area contributed by atoms with Gasteiger partial charge in [-0.25, -0.2) is 15.0 Å². The molecular formula is C20H23ClN4O3S. The maximum atomic E-state index is 12.8. The van der Waals surface area contributed by atoms with Crippen LogP contribution in [0.3, 0.4) is 0 Å². The minimum Gasteiger partial charge on any atom is -0.480 e. The normalized spacial score (nSPS) is 11.1. The van der Waals surface area contributed by atoms with Gasteiger partial charge in [0.25, 0.3) is 0 Å². The van der Waals surface area contributed by atoms with Gasteiger partial charge in [0.1, 0.15) is 21.2 Å². The summed E-state index contributed by atoms with van der Waals surface area (Å²) in [5, 5.41) is 1.33. The third-order valence-corrected chi connectivity index (χ3v) is 5.59.